The molecule has 0 aromatic heterocycles. The van der Waals surface area contributed by atoms with Gasteiger partial charge in [0.05, 0.1) is 11.5 Å². The van der Waals surface area contributed by atoms with Crippen molar-refractivity contribution in [3.05, 3.63) is 29.8 Å². The van der Waals surface area contributed by atoms with E-state index in [1.165, 1.54) is 0 Å². The van der Waals surface area contributed by atoms with E-state index in [4.69, 9.17) is 5.73 Å². The van der Waals surface area contributed by atoms with Gasteiger partial charge in [0.1, 0.15) is 0 Å². The van der Waals surface area contributed by atoms with Crippen molar-refractivity contribution in [1.82, 2.24) is 10.2 Å². The minimum absolute atomic E-state index is 0.0636. The summed E-state index contributed by atoms with van der Waals surface area (Å²) < 4.78 is 0. The number of nitrogen functional groups attached to an aromatic ring is 1. The fraction of sp³-hybridized carbons (Fsp3) is 0.533. The maximum Gasteiger partial charge on any atom is 0.227 e. The first-order valence-corrected chi connectivity index (χ1v) is 6.93. The van der Waals surface area contributed by atoms with Gasteiger partial charge in [0, 0.05) is 31.4 Å². The summed E-state index contributed by atoms with van der Waals surface area (Å²) in [5.74, 6) is 0.0636. The number of aliphatic hydroxyl groups excluding tert-OH is 1. The van der Waals surface area contributed by atoms with E-state index in [2.05, 4.69) is 10.2 Å². The van der Waals surface area contributed by atoms with Gasteiger partial charge in [-0.05, 0) is 26.0 Å². The minimum atomic E-state index is -0.622. The van der Waals surface area contributed by atoms with Crippen LogP contribution in [-0.4, -0.2) is 42.6 Å². The highest BCUT2D eigenvalue weighted by atomic mass is 16.3. The Balaban J connectivity index is 1.99. The van der Waals surface area contributed by atoms with Gasteiger partial charge in [0.2, 0.25) is 5.91 Å². The Hall–Kier alpha value is -1.59. The van der Waals surface area contributed by atoms with Gasteiger partial charge >= 0.3 is 0 Å². The lowest BCUT2D eigenvalue weighted by Gasteiger charge is -2.24. The van der Waals surface area contributed by atoms with Gasteiger partial charge < -0.3 is 16.2 Å². The van der Waals surface area contributed by atoms with Crippen molar-refractivity contribution in [2.45, 2.75) is 19.4 Å². The molecule has 0 aliphatic carbocycles. The minimum Gasteiger partial charge on any atom is -0.398 e. The number of carbonyl (C=O) groups excluding carboxylic acids is 1. The van der Waals surface area contributed by atoms with Gasteiger partial charge in [-0.25, -0.2) is 0 Å². The smallest absolute Gasteiger partial charge is 0.227 e. The van der Waals surface area contributed by atoms with E-state index < -0.39 is 6.10 Å². The number of carbonyl (C=O) groups is 1. The SMILES string of the molecule is CNC(=O)C1(C)CCN(CC(O)c2ccccc2N)C1. The van der Waals surface area contributed by atoms with Crippen molar-refractivity contribution in [2.24, 2.45) is 5.41 Å². The third-order valence-electron chi connectivity index (χ3n) is 4.11. The summed E-state index contributed by atoms with van der Waals surface area (Å²) in [7, 11) is 1.66. The van der Waals surface area contributed by atoms with Gasteiger partial charge in [0.25, 0.3) is 0 Å². The summed E-state index contributed by atoms with van der Waals surface area (Å²) in [4.78, 5) is 14.0. The van der Waals surface area contributed by atoms with Crippen molar-refractivity contribution < 1.29 is 9.90 Å². The third kappa shape index (κ3) is 2.94. The zero-order valence-corrected chi connectivity index (χ0v) is 12.1. The predicted octanol–water partition coefficient (Wildman–Crippen LogP) is 0.760. The van der Waals surface area contributed by atoms with Crippen LogP contribution < -0.4 is 11.1 Å². The lowest BCUT2D eigenvalue weighted by atomic mass is 9.89. The second-order valence-electron chi connectivity index (χ2n) is 5.77. The Kier molecular flexibility index (Phi) is 4.30. The fourth-order valence-corrected chi connectivity index (χ4v) is 2.86. The van der Waals surface area contributed by atoms with Crippen molar-refractivity contribution in [2.75, 3.05) is 32.4 Å². The van der Waals surface area contributed by atoms with Gasteiger partial charge in [0.15, 0.2) is 0 Å². The van der Waals surface area contributed by atoms with Crippen LogP contribution in [0.3, 0.4) is 0 Å². The second kappa shape index (κ2) is 5.81. The van der Waals surface area contributed by atoms with Crippen LogP contribution in [0.25, 0.3) is 0 Å². The molecule has 1 saturated heterocycles. The van der Waals surface area contributed by atoms with Crippen LogP contribution in [-0.2, 0) is 4.79 Å². The summed E-state index contributed by atoms with van der Waals surface area (Å²) in [5, 5.41) is 13.0. The molecule has 5 nitrogen and oxygen atoms in total. The molecule has 2 atom stereocenters. The Morgan fingerprint density at radius 3 is 2.90 bits per heavy atom. The predicted molar refractivity (Wildman–Crippen MR) is 79.0 cm³/mol. The highest BCUT2D eigenvalue weighted by Gasteiger charge is 2.40. The number of rotatable bonds is 4. The third-order valence-corrected chi connectivity index (χ3v) is 4.11. The van der Waals surface area contributed by atoms with Crippen LogP contribution in [0.15, 0.2) is 24.3 Å². The van der Waals surface area contributed by atoms with Gasteiger partial charge in [-0.2, -0.15) is 0 Å². The highest BCUT2D eigenvalue weighted by Crippen LogP contribution is 2.31. The van der Waals surface area contributed by atoms with Crippen LogP contribution in [0.2, 0.25) is 0 Å². The quantitative estimate of drug-likeness (QED) is 0.710. The number of likely N-dealkylation sites (tertiary alicyclic amines) is 1. The first-order chi connectivity index (χ1) is 9.46. The van der Waals surface area contributed by atoms with E-state index in [-0.39, 0.29) is 11.3 Å². The molecule has 110 valence electrons. The first-order valence-electron chi connectivity index (χ1n) is 6.93. The van der Waals surface area contributed by atoms with Crippen molar-refractivity contribution >= 4 is 11.6 Å². The van der Waals surface area contributed by atoms with Crippen molar-refractivity contribution in [3.63, 3.8) is 0 Å². The fourth-order valence-electron chi connectivity index (χ4n) is 2.86. The van der Waals surface area contributed by atoms with Crippen LogP contribution in [0.5, 0.6) is 0 Å². The molecule has 5 heteroatoms. The number of para-hydroxylation sites is 1. The number of anilines is 1. The molecule has 0 saturated carbocycles. The number of nitrogens with zero attached hydrogens (tertiary/aromatic N) is 1. The largest absolute Gasteiger partial charge is 0.398 e. The molecule has 20 heavy (non-hydrogen) atoms. The molecule has 1 heterocycles. The molecular formula is C15H23N3O2. The molecule has 4 N–H and O–H groups in total. The number of nitrogens with two attached hydrogens (primary N) is 1. The number of nitrogens with one attached hydrogen (secondary N) is 1. The molecule has 2 rings (SSSR count). The molecule has 2 unspecified atom stereocenters. The molecule has 1 amide bonds. The van der Waals surface area contributed by atoms with Crippen LogP contribution in [0.4, 0.5) is 5.69 Å². The summed E-state index contributed by atoms with van der Waals surface area (Å²) >= 11 is 0. The molecule has 0 spiro atoms. The van der Waals surface area contributed by atoms with E-state index >= 15 is 0 Å². The van der Waals surface area contributed by atoms with Crippen LogP contribution >= 0.6 is 0 Å². The zero-order chi connectivity index (χ0) is 14.8. The molecule has 1 aromatic rings. The van der Waals surface area contributed by atoms with E-state index in [9.17, 15) is 9.90 Å². The lowest BCUT2D eigenvalue weighted by molar-refractivity contribution is -0.129. The highest BCUT2D eigenvalue weighted by molar-refractivity contribution is 5.82. The molecule has 1 aromatic carbocycles. The second-order valence-corrected chi connectivity index (χ2v) is 5.77. The monoisotopic (exact) mass is 277 g/mol. The zero-order valence-electron chi connectivity index (χ0n) is 12.1. The van der Waals surface area contributed by atoms with Gasteiger partial charge in [-0.15, -0.1) is 0 Å². The first kappa shape index (κ1) is 14.8. The summed E-state index contributed by atoms with van der Waals surface area (Å²) in [5.41, 5.74) is 6.87. The Bertz CT molecular complexity index is 492. The number of hydrogen-bond donors (Lipinski definition) is 3. The molecule has 0 bridgehead atoms. The molecule has 0 radical (unpaired) electrons. The Labute approximate surface area is 119 Å². The maximum absolute atomic E-state index is 11.9. The summed E-state index contributed by atoms with van der Waals surface area (Å²) in [6.07, 6.45) is 0.187. The molecule has 1 fully saturated rings. The van der Waals surface area contributed by atoms with Crippen molar-refractivity contribution in [1.29, 1.82) is 0 Å². The summed E-state index contributed by atoms with van der Waals surface area (Å²) in [6.45, 7) is 3.94. The normalized spacial score (nSPS) is 24.6. The van der Waals surface area contributed by atoms with Crippen molar-refractivity contribution in [3.8, 4) is 0 Å². The summed E-state index contributed by atoms with van der Waals surface area (Å²) in [6, 6.07) is 7.35. The Morgan fingerprint density at radius 2 is 2.25 bits per heavy atom. The van der Waals surface area contributed by atoms with E-state index in [0.29, 0.717) is 18.8 Å². The Morgan fingerprint density at radius 1 is 1.55 bits per heavy atom. The van der Waals surface area contributed by atoms with E-state index in [1.54, 1.807) is 13.1 Å². The average Bonchev–Trinajstić information content (AvgIpc) is 2.81. The topological polar surface area (TPSA) is 78.6 Å². The molecule has 1 aliphatic heterocycles. The van der Waals surface area contributed by atoms with E-state index in [1.807, 2.05) is 25.1 Å². The number of β-amino-alcohol motifs (C(OH)–C–C–N with tert-alkyl or cyclic N) is 1. The van der Waals surface area contributed by atoms with Gasteiger partial charge in [-0.1, -0.05) is 18.2 Å². The number of benzene rings is 1. The lowest BCUT2D eigenvalue weighted by Crippen LogP contribution is -2.39. The number of hydrogen-bond acceptors (Lipinski definition) is 4. The van der Waals surface area contributed by atoms with E-state index in [0.717, 1.165) is 18.5 Å². The van der Waals surface area contributed by atoms with Crippen LogP contribution in [0.1, 0.15) is 25.0 Å². The van der Waals surface area contributed by atoms with Gasteiger partial charge in [-0.3, -0.25) is 9.69 Å². The molecule has 1 aliphatic rings. The van der Waals surface area contributed by atoms with Crippen LogP contribution in [0, 0.1) is 5.41 Å². The number of aliphatic hydroxyl groups is 1. The maximum atomic E-state index is 11.9. The number of amides is 1. The standard InChI is InChI=1S/C15H23N3O2/c1-15(14(20)17-2)7-8-18(10-15)9-13(19)11-5-3-4-6-12(11)16/h3-6,13,19H,7-10,16H2,1-2H3,(H,17,20). The molecular weight excluding hydrogens is 254 g/mol. The average molecular weight is 277 g/mol.